The van der Waals surface area contributed by atoms with E-state index in [1.807, 2.05) is 44.2 Å². The molecule has 31 heavy (non-hydrogen) atoms. The lowest BCUT2D eigenvalue weighted by atomic mass is 9.95. The molecule has 0 amide bonds. The van der Waals surface area contributed by atoms with Crippen molar-refractivity contribution >= 4 is 16.9 Å². The molecule has 0 radical (unpaired) electrons. The minimum atomic E-state index is -0.492. The van der Waals surface area contributed by atoms with Gasteiger partial charge in [0.25, 0.3) is 0 Å². The van der Waals surface area contributed by atoms with Crippen LogP contribution in [0.3, 0.4) is 0 Å². The Morgan fingerprint density at radius 3 is 2.35 bits per heavy atom. The Morgan fingerprint density at radius 2 is 1.68 bits per heavy atom. The van der Waals surface area contributed by atoms with Crippen LogP contribution in [0.25, 0.3) is 11.0 Å². The molecule has 5 heteroatoms. The number of ether oxygens (including phenoxy) is 2. The van der Waals surface area contributed by atoms with Crippen molar-refractivity contribution in [1.29, 1.82) is 0 Å². The Kier molecular flexibility index (Phi) is 6.84. The van der Waals surface area contributed by atoms with Crippen molar-refractivity contribution in [3.05, 3.63) is 74.6 Å². The molecule has 1 heterocycles. The predicted octanol–water partition coefficient (Wildman–Crippen LogP) is 5.78. The maximum Gasteiger partial charge on any atom is 0.344 e. The van der Waals surface area contributed by atoms with E-state index in [-0.39, 0.29) is 19.1 Å². The summed E-state index contributed by atoms with van der Waals surface area (Å²) in [5.74, 6) is 0.799. The third-order valence-corrected chi connectivity index (χ3v) is 5.36. The van der Waals surface area contributed by atoms with Gasteiger partial charge < -0.3 is 13.9 Å². The molecule has 1 aromatic heterocycles. The van der Waals surface area contributed by atoms with E-state index in [0.717, 1.165) is 27.6 Å². The van der Waals surface area contributed by atoms with E-state index in [1.54, 1.807) is 0 Å². The van der Waals surface area contributed by atoms with E-state index in [9.17, 15) is 9.59 Å². The molecule has 0 spiro atoms. The van der Waals surface area contributed by atoms with Crippen molar-refractivity contribution in [3.63, 3.8) is 0 Å². The van der Waals surface area contributed by atoms with Crippen LogP contribution < -0.4 is 10.4 Å². The minimum absolute atomic E-state index is 0.0181. The SMILES string of the molecule is Cc1ccc(C(C)C)c(OCC(=O)OCc2cc(=O)oc3cc(C)c(C(C)C)cc23)c1. The number of esters is 1. The summed E-state index contributed by atoms with van der Waals surface area (Å²) in [6.45, 7) is 12.1. The lowest BCUT2D eigenvalue weighted by molar-refractivity contribution is -0.147. The van der Waals surface area contributed by atoms with Crippen LogP contribution in [0.4, 0.5) is 0 Å². The topological polar surface area (TPSA) is 65.7 Å². The normalized spacial score (nSPS) is 11.4. The van der Waals surface area contributed by atoms with Crippen LogP contribution in [-0.2, 0) is 16.1 Å². The predicted molar refractivity (Wildman–Crippen MR) is 122 cm³/mol. The van der Waals surface area contributed by atoms with Gasteiger partial charge in [-0.05, 0) is 66.1 Å². The highest BCUT2D eigenvalue weighted by atomic mass is 16.6. The third kappa shape index (κ3) is 5.35. The molecule has 3 rings (SSSR count). The monoisotopic (exact) mass is 422 g/mol. The number of rotatable bonds is 7. The van der Waals surface area contributed by atoms with Crippen LogP contribution in [0.15, 0.2) is 45.6 Å². The summed E-state index contributed by atoms with van der Waals surface area (Å²) in [7, 11) is 0. The first kappa shape index (κ1) is 22.6. The highest BCUT2D eigenvalue weighted by Crippen LogP contribution is 2.28. The van der Waals surface area contributed by atoms with Gasteiger partial charge >= 0.3 is 11.6 Å². The van der Waals surface area contributed by atoms with Crippen LogP contribution in [0.2, 0.25) is 0 Å². The molecule has 0 saturated carbocycles. The summed E-state index contributed by atoms with van der Waals surface area (Å²) in [4.78, 5) is 24.3. The second-order valence-electron chi connectivity index (χ2n) is 8.60. The molecule has 0 bridgehead atoms. The first-order chi connectivity index (χ1) is 14.7. The van der Waals surface area contributed by atoms with Crippen LogP contribution in [0, 0.1) is 13.8 Å². The summed E-state index contributed by atoms with van der Waals surface area (Å²) in [5.41, 5.74) is 4.99. The van der Waals surface area contributed by atoms with Crippen molar-refractivity contribution in [3.8, 4) is 5.75 Å². The van der Waals surface area contributed by atoms with Gasteiger partial charge in [-0.1, -0.05) is 39.8 Å². The van der Waals surface area contributed by atoms with E-state index in [4.69, 9.17) is 13.9 Å². The Balaban J connectivity index is 1.75. The fraction of sp³-hybridized carbons (Fsp3) is 0.385. The molecule has 3 aromatic rings. The maximum absolute atomic E-state index is 12.4. The maximum atomic E-state index is 12.4. The van der Waals surface area contributed by atoms with E-state index in [2.05, 4.69) is 27.7 Å². The Bertz CT molecular complexity index is 1150. The quantitative estimate of drug-likeness (QED) is 0.357. The van der Waals surface area contributed by atoms with Gasteiger partial charge in [0.2, 0.25) is 0 Å². The molecular formula is C26H30O5. The largest absolute Gasteiger partial charge is 0.482 e. The molecule has 0 saturated heterocycles. The fourth-order valence-electron chi connectivity index (χ4n) is 3.71. The third-order valence-electron chi connectivity index (χ3n) is 5.36. The molecular weight excluding hydrogens is 392 g/mol. The van der Waals surface area contributed by atoms with Crippen molar-refractivity contribution < 1.29 is 18.7 Å². The zero-order valence-corrected chi connectivity index (χ0v) is 19.1. The Hall–Kier alpha value is -3.08. The highest BCUT2D eigenvalue weighted by Gasteiger charge is 2.14. The molecule has 0 atom stereocenters. The molecule has 0 unspecified atom stereocenters. The van der Waals surface area contributed by atoms with Crippen molar-refractivity contribution in [2.45, 2.75) is 60.0 Å². The standard InChI is InChI=1S/C26H30O5/c1-15(2)20-8-7-17(5)9-23(20)29-14-26(28)30-13-19-11-25(27)31-24-10-18(6)21(16(3)4)12-22(19)24/h7-12,15-16H,13-14H2,1-6H3. The fourth-order valence-corrected chi connectivity index (χ4v) is 3.71. The molecule has 0 aliphatic heterocycles. The number of fused-ring (bicyclic) bond motifs is 1. The van der Waals surface area contributed by atoms with Gasteiger partial charge in [-0.15, -0.1) is 0 Å². The first-order valence-electron chi connectivity index (χ1n) is 10.6. The zero-order valence-electron chi connectivity index (χ0n) is 19.1. The van der Waals surface area contributed by atoms with Crippen molar-refractivity contribution in [2.75, 3.05) is 6.61 Å². The number of hydrogen-bond donors (Lipinski definition) is 0. The summed E-state index contributed by atoms with van der Waals surface area (Å²) >= 11 is 0. The van der Waals surface area contributed by atoms with Gasteiger partial charge in [-0.25, -0.2) is 9.59 Å². The minimum Gasteiger partial charge on any atom is -0.482 e. The van der Waals surface area contributed by atoms with Gasteiger partial charge in [-0.3, -0.25) is 0 Å². The average molecular weight is 423 g/mol. The number of aryl methyl sites for hydroxylation is 2. The molecule has 164 valence electrons. The van der Waals surface area contributed by atoms with Crippen molar-refractivity contribution in [2.24, 2.45) is 0 Å². The van der Waals surface area contributed by atoms with Crippen LogP contribution >= 0.6 is 0 Å². The van der Waals surface area contributed by atoms with E-state index in [0.29, 0.717) is 22.8 Å². The first-order valence-corrected chi connectivity index (χ1v) is 10.6. The van der Waals surface area contributed by atoms with Crippen molar-refractivity contribution in [1.82, 2.24) is 0 Å². The van der Waals surface area contributed by atoms with Gasteiger partial charge in [0.1, 0.15) is 17.9 Å². The lowest BCUT2D eigenvalue weighted by Gasteiger charge is -2.15. The number of carbonyl (C=O) groups excluding carboxylic acids is 1. The number of hydrogen-bond acceptors (Lipinski definition) is 5. The summed E-state index contributed by atoms with van der Waals surface area (Å²) < 4.78 is 16.5. The van der Waals surface area contributed by atoms with Gasteiger partial charge in [-0.2, -0.15) is 0 Å². The summed E-state index contributed by atoms with van der Waals surface area (Å²) in [6.07, 6.45) is 0. The molecule has 2 aromatic carbocycles. The van der Waals surface area contributed by atoms with Crippen LogP contribution in [0.5, 0.6) is 5.75 Å². The second kappa shape index (κ2) is 9.38. The average Bonchev–Trinajstić information content (AvgIpc) is 2.69. The van der Waals surface area contributed by atoms with Gasteiger partial charge in [0.05, 0.1) is 0 Å². The smallest absolute Gasteiger partial charge is 0.344 e. The summed E-state index contributed by atoms with van der Waals surface area (Å²) in [5, 5.41) is 0.781. The van der Waals surface area contributed by atoms with Gasteiger partial charge in [0, 0.05) is 17.0 Å². The molecule has 0 N–H and O–H groups in total. The molecule has 5 nitrogen and oxygen atoms in total. The van der Waals surface area contributed by atoms with Crippen LogP contribution in [-0.4, -0.2) is 12.6 Å². The summed E-state index contributed by atoms with van der Waals surface area (Å²) in [6, 6.07) is 11.2. The van der Waals surface area contributed by atoms with E-state index >= 15 is 0 Å². The highest BCUT2D eigenvalue weighted by molar-refractivity contribution is 5.82. The lowest BCUT2D eigenvalue weighted by Crippen LogP contribution is -2.16. The number of benzene rings is 2. The van der Waals surface area contributed by atoms with E-state index < -0.39 is 11.6 Å². The molecule has 0 fully saturated rings. The van der Waals surface area contributed by atoms with Crippen LogP contribution in [0.1, 0.15) is 67.3 Å². The van der Waals surface area contributed by atoms with E-state index in [1.165, 1.54) is 6.07 Å². The Morgan fingerprint density at radius 1 is 0.968 bits per heavy atom. The number of carbonyl (C=O) groups is 1. The zero-order chi connectivity index (χ0) is 22.7. The Labute approximate surface area is 183 Å². The van der Waals surface area contributed by atoms with Gasteiger partial charge in [0.15, 0.2) is 6.61 Å². The molecule has 0 aliphatic rings. The molecule has 0 aliphatic carbocycles. The second-order valence-corrected chi connectivity index (χ2v) is 8.60.